The number of hydrogen-bond acceptors (Lipinski definition) is 2. The number of benzene rings is 1. The van der Waals surface area contributed by atoms with Gasteiger partial charge in [0.2, 0.25) is 0 Å². The van der Waals surface area contributed by atoms with Crippen molar-refractivity contribution in [1.82, 2.24) is 0 Å². The van der Waals surface area contributed by atoms with Gasteiger partial charge in [-0.05, 0) is 12.5 Å². The summed E-state index contributed by atoms with van der Waals surface area (Å²) < 4.78 is 14.4. The Morgan fingerprint density at radius 1 is 1.33 bits per heavy atom. The zero-order valence-corrected chi connectivity index (χ0v) is 7.97. The molecule has 0 spiro atoms. The highest BCUT2D eigenvalue weighted by Crippen LogP contribution is 2.00. The maximum absolute atomic E-state index is 10.6. The first-order valence-corrected chi connectivity index (χ1v) is 5.14. The predicted octanol–water partition coefficient (Wildman–Crippen LogP) is 1.71. The molecule has 1 rings (SSSR count). The lowest BCUT2D eigenvalue weighted by molar-refractivity contribution is 0.603. The molecular formula is C9H11NOS. The summed E-state index contributed by atoms with van der Waals surface area (Å²) in [4.78, 5) is 0. The molecule has 0 amide bonds. The summed E-state index contributed by atoms with van der Waals surface area (Å²) in [5, 5.41) is 0. The van der Waals surface area contributed by atoms with E-state index < -0.39 is 11.4 Å². The molecule has 1 aromatic rings. The second-order valence-electron chi connectivity index (χ2n) is 2.57. The Hall–Kier alpha value is -0.800. The van der Waals surface area contributed by atoms with Crippen molar-refractivity contribution in [2.75, 3.05) is 6.26 Å². The van der Waals surface area contributed by atoms with Gasteiger partial charge in [-0.25, -0.2) is 0 Å². The van der Waals surface area contributed by atoms with Crippen molar-refractivity contribution in [3.8, 4) is 0 Å². The molecule has 0 aliphatic heterocycles. The van der Waals surface area contributed by atoms with Crippen LogP contribution < -0.4 is 0 Å². The van der Waals surface area contributed by atoms with Gasteiger partial charge >= 0.3 is 0 Å². The molecule has 0 heterocycles. The average Bonchev–Trinajstić information content (AvgIpc) is 2.03. The van der Waals surface area contributed by atoms with Gasteiger partial charge in [0.25, 0.3) is 0 Å². The summed E-state index contributed by atoms with van der Waals surface area (Å²) in [6.07, 6.45) is 3.17. The Morgan fingerprint density at radius 3 is 2.42 bits per heavy atom. The van der Waals surface area contributed by atoms with E-state index in [2.05, 4.69) is 4.40 Å². The third kappa shape index (κ3) is 3.07. The van der Waals surface area contributed by atoms with Gasteiger partial charge in [0.15, 0.2) is 0 Å². The fourth-order valence-corrected chi connectivity index (χ4v) is 1.06. The largest absolute Gasteiger partial charge is 0.592 e. The second-order valence-corrected chi connectivity index (χ2v) is 3.63. The molecule has 0 saturated carbocycles. The van der Waals surface area contributed by atoms with Crippen LogP contribution in [0, 0.1) is 6.92 Å². The zero-order chi connectivity index (χ0) is 8.97. The minimum absolute atomic E-state index is 0.982. The highest BCUT2D eigenvalue weighted by molar-refractivity contribution is 7.89. The van der Waals surface area contributed by atoms with Crippen LogP contribution in [0.3, 0.4) is 0 Å². The highest BCUT2D eigenvalue weighted by Gasteiger charge is 1.90. The highest BCUT2D eigenvalue weighted by atomic mass is 32.2. The zero-order valence-electron chi connectivity index (χ0n) is 7.15. The summed E-state index contributed by atoms with van der Waals surface area (Å²) in [7, 11) is 0. The lowest BCUT2D eigenvalue weighted by Gasteiger charge is -1.94. The Morgan fingerprint density at radius 2 is 1.92 bits per heavy atom. The topological polar surface area (TPSA) is 35.4 Å². The van der Waals surface area contributed by atoms with E-state index in [1.54, 1.807) is 12.5 Å². The van der Waals surface area contributed by atoms with Crippen LogP contribution in [0.5, 0.6) is 0 Å². The average molecular weight is 181 g/mol. The number of aryl methyl sites for hydroxylation is 1. The monoisotopic (exact) mass is 181 g/mol. The van der Waals surface area contributed by atoms with Crippen molar-refractivity contribution < 1.29 is 4.55 Å². The molecule has 0 aliphatic carbocycles. The fourth-order valence-electron chi connectivity index (χ4n) is 0.788. The molecule has 0 bridgehead atoms. The fraction of sp³-hybridized carbons (Fsp3) is 0.222. The molecule has 3 heteroatoms. The van der Waals surface area contributed by atoms with E-state index in [-0.39, 0.29) is 0 Å². The van der Waals surface area contributed by atoms with Gasteiger partial charge in [-0.3, -0.25) is 0 Å². The minimum Gasteiger partial charge on any atom is -0.592 e. The summed E-state index contributed by atoms with van der Waals surface area (Å²) in [5.41, 5.74) is 2.19. The van der Waals surface area contributed by atoms with Gasteiger partial charge in [-0.1, -0.05) is 34.2 Å². The summed E-state index contributed by atoms with van der Waals surface area (Å²) >= 11 is -1.10. The Kier molecular flexibility index (Phi) is 3.31. The van der Waals surface area contributed by atoms with E-state index in [0.29, 0.717) is 0 Å². The van der Waals surface area contributed by atoms with Crippen molar-refractivity contribution in [3.05, 3.63) is 35.4 Å². The summed E-state index contributed by atoms with van der Waals surface area (Å²) in [5.74, 6) is 0. The maximum atomic E-state index is 10.6. The van der Waals surface area contributed by atoms with Crippen molar-refractivity contribution in [3.63, 3.8) is 0 Å². The Bertz CT molecular complexity index is 266. The third-order valence-corrected chi connectivity index (χ3v) is 1.83. The van der Waals surface area contributed by atoms with Gasteiger partial charge in [0.05, 0.1) is 17.6 Å². The van der Waals surface area contributed by atoms with Gasteiger partial charge < -0.3 is 4.55 Å². The number of hydrogen-bond donors (Lipinski definition) is 0. The number of rotatable bonds is 2. The van der Waals surface area contributed by atoms with Gasteiger partial charge in [-0.15, -0.1) is 0 Å². The standard InChI is InChI=1S/C9H11NOS/c1-8-3-5-9(6-4-8)7-10-12(2)11/h3-7H,1-2H3. The smallest absolute Gasteiger partial charge is 0.123 e. The molecule has 0 saturated heterocycles. The normalized spacial score (nSPS) is 13.6. The molecule has 0 fully saturated rings. The molecule has 1 unspecified atom stereocenters. The van der Waals surface area contributed by atoms with Crippen LogP contribution in [-0.4, -0.2) is 17.0 Å². The quantitative estimate of drug-likeness (QED) is 0.505. The van der Waals surface area contributed by atoms with E-state index >= 15 is 0 Å². The molecule has 64 valence electrons. The van der Waals surface area contributed by atoms with Crippen LogP contribution in [0.25, 0.3) is 0 Å². The van der Waals surface area contributed by atoms with Crippen molar-refractivity contribution in [1.29, 1.82) is 0 Å². The van der Waals surface area contributed by atoms with Crippen LogP contribution in [0.15, 0.2) is 28.7 Å². The molecule has 2 nitrogen and oxygen atoms in total. The van der Waals surface area contributed by atoms with Crippen molar-refractivity contribution in [2.24, 2.45) is 4.40 Å². The maximum Gasteiger partial charge on any atom is 0.123 e. The molecular weight excluding hydrogens is 170 g/mol. The summed E-state index contributed by atoms with van der Waals surface area (Å²) in [6, 6.07) is 7.90. The Balaban J connectivity index is 2.71. The molecule has 0 aliphatic rings. The SMILES string of the molecule is Cc1ccc(C=N[S+](C)[O-])cc1. The number of nitrogens with zero attached hydrogens (tertiary/aromatic N) is 1. The summed E-state index contributed by atoms with van der Waals surface area (Å²) in [6.45, 7) is 2.03. The predicted molar refractivity (Wildman–Crippen MR) is 52.8 cm³/mol. The van der Waals surface area contributed by atoms with Crippen LogP contribution in [0.4, 0.5) is 0 Å². The van der Waals surface area contributed by atoms with Crippen molar-refractivity contribution >= 4 is 17.6 Å². The van der Waals surface area contributed by atoms with Crippen LogP contribution in [0.1, 0.15) is 11.1 Å². The molecule has 1 atom stereocenters. The minimum atomic E-state index is -1.10. The van der Waals surface area contributed by atoms with E-state index in [4.69, 9.17) is 0 Å². The first-order chi connectivity index (χ1) is 5.68. The van der Waals surface area contributed by atoms with Crippen molar-refractivity contribution in [2.45, 2.75) is 6.92 Å². The van der Waals surface area contributed by atoms with E-state index in [1.807, 2.05) is 31.2 Å². The van der Waals surface area contributed by atoms with Gasteiger partial charge in [0, 0.05) is 0 Å². The lowest BCUT2D eigenvalue weighted by Crippen LogP contribution is -1.91. The first-order valence-electron chi connectivity index (χ1n) is 3.63. The molecule has 0 N–H and O–H groups in total. The van der Waals surface area contributed by atoms with Crippen LogP contribution in [0.2, 0.25) is 0 Å². The first kappa shape index (κ1) is 9.29. The molecule has 12 heavy (non-hydrogen) atoms. The third-order valence-electron chi connectivity index (χ3n) is 1.43. The lowest BCUT2D eigenvalue weighted by atomic mass is 10.2. The second kappa shape index (κ2) is 4.28. The molecule has 1 aromatic carbocycles. The molecule has 0 radical (unpaired) electrons. The van der Waals surface area contributed by atoms with Gasteiger partial charge in [-0.2, -0.15) is 0 Å². The molecule has 0 aromatic heterocycles. The van der Waals surface area contributed by atoms with Gasteiger partial charge in [0.1, 0.15) is 6.26 Å². The van der Waals surface area contributed by atoms with E-state index in [0.717, 1.165) is 5.56 Å². The van der Waals surface area contributed by atoms with E-state index in [9.17, 15) is 4.55 Å². The van der Waals surface area contributed by atoms with E-state index in [1.165, 1.54) is 5.56 Å². The van der Waals surface area contributed by atoms with Crippen LogP contribution >= 0.6 is 0 Å². The Labute approximate surface area is 75.7 Å². The van der Waals surface area contributed by atoms with Crippen LogP contribution in [-0.2, 0) is 11.4 Å².